The van der Waals surface area contributed by atoms with Crippen molar-refractivity contribution in [3.8, 4) is 5.75 Å². The van der Waals surface area contributed by atoms with Crippen molar-refractivity contribution in [2.75, 3.05) is 14.2 Å². The molecule has 2 aromatic rings. The zero-order valence-electron chi connectivity index (χ0n) is 10.7. The first-order valence-corrected chi connectivity index (χ1v) is 7.86. The summed E-state index contributed by atoms with van der Waals surface area (Å²) in [5.74, 6) is 0.566. The van der Waals surface area contributed by atoms with Crippen LogP contribution in [-0.2, 0) is 4.74 Å². The van der Waals surface area contributed by atoms with E-state index in [1.54, 1.807) is 13.2 Å². The molecule has 0 saturated carbocycles. The van der Waals surface area contributed by atoms with E-state index < -0.39 is 0 Å². The lowest BCUT2D eigenvalue weighted by Crippen LogP contribution is -3.61. The maximum Gasteiger partial charge on any atom is 0.357 e. The van der Waals surface area contributed by atoms with Crippen LogP contribution < -0.4 is 25.9 Å². The van der Waals surface area contributed by atoms with Gasteiger partial charge in [0.15, 0.2) is 7.14 Å². The van der Waals surface area contributed by atoms with Gasteiger partial charge in [-0.25, -0.2) is 4.79 Å². The van der Waals surface area contributed by atoms with Crippen molar-refractivity contribution in [1.29, 1.82) is 0 Å². The topological polar surface area (TPSA) is 35.5 Å². The monoisotopic (exact) mass is 369 g/mol. The lowest BCUT2D eigenvalue weighted by atomic mass is 10.2. The number of ether oxygens (including phenoxy) is 2. The maximum atomic E-state index is 11.5. The lowest BCUT2D eigenvalue weighted by Gasteiger charge is -1.98. The standard InChI is InChI=1S/C15H14IO3/c1-18-14-8-6-12(7-9-14)16-13-5-3-4-11(10-13)15(17)19-2/h3-10H,1-2H3/q+1. The van der Waals surface area contributed by atoms with Crippen LogP contribution in [0.1, 0.15) is 10.4 Å². The van der Waals surface area contributed by atoms with Crippen LogP contribution >= 0.6 is 0 Å². The van der Waals surface area contributed by atoms with Gasteiger partial charge in [0.05, 0.1) is 19.8 Å². The van der Waals surface area contributed by atoms with Gasteiger partial charge in [-0.3, -0.25) is 0 Å². The minimum Gasteiger partial charge on any atom is -0.497 e. The van der Waals surface area contributed by atoms with Gasteiger partial charge in [-0.15, -0.1) is 0 Å². The normalized spacial score (nSPS) is 10.0. The Bertz CT molecular complexity index is 564. The molecule has 0 spiro atoms. The molecule has 0 aliphatic heterocycles. The fourth-order valence-corrected chi connectivity index (χ4v) is 3.87. The van der Waals surface area contributed by atoms with Crippen molar-refractivity contribution >= 4 is 5.97 Å². The molecule has 98 valence electrons. The van der Waals surface area contributed by atoms with Crippen LogP contribution in [0.4, 0.5) is 0 Å². The average Bonchev–Trinajstić information content (AvgIpc) is 2.47. The van der Waals surface area contributed by atoms with Gasteiger partial charge in [-0.2, -0.15) is 0 Å². The number of halogens is 1. The fourth-order valence-electron chi connectivity index (χ4n) is 1.55. The third kappa shape index (κ3) is 3.70. The molecule has 19 heavy (non-hydrogen) atoms. The number of hydrogen-bond acceptors (Lipinski definition) is 3. The van der Waals surface area contributed by atoms with E-state index in [2.05, 4.69) is 12.1 Å². The van der Waals surface area contributed by atoms with E-state index in [0.29, 0.717) is 5.56 Å². The smallest absolute Gasteiger partial charge is 0.357 e. The van der Waals surface area contributed by atoms with E-state index in [4.69, 9.17) is 9.47 Å². The number of benzene rings is 2. The highest BCUT2D eigenvalue weighted by molar-refractivity contribution is 5.89. The molecular weight excluding hydrogens is 355 g/mol. The van der Waals surface area contributed by atoms with Crippen LogP contribution in [0.15, 0.2) is 48.5 Å². The first-order chi connectivity index (χ1) is 9.22. The summed E-state index contributed by atoms with van der Waals surface area (Å²) in [7, 11) is 3.05. The Kier molecular flexibility index (Phi) is 4.79. The average molecular weight is 369 g/mol. The van der Waals surface area contributed by atoms with E-state index in [1.807, 2.05) is 30.3 Å². The Morgan fingerprint density at radius 2 is 1.74 bits per heavy atom. The molecule has 0 saturated heterocycles. The zero-order chi connectivity index (χ0) is 13.7. The summed E-state index contributed by atoms with van der Waals surface area (Å²) in [6.45, 7) is 0. The first kappa shape index (κ1) is 13.9. The maximum absolute atomic E-state index is 11.5. The molecule has 0 aromatic heterocycles. The van der Waals surface area contributed by atoms with Crippen LogP contribution in [0, 0.1) is 7.14 Å². The fraction of sp³-hybridized carbons (Fsp3) is 0.133. The zero-order valence-corrected chi connectivity index (χ0v) is 12.9. The predicted octanol–water partition coefficient (Wildman–Crippen LogP) is -0.390. The Morgan fingerprint density at radius 1 is 1.00 bits per heavy atom. The second kappa shape index (κ2) is 6.56. The summed E-state index contributed by atoms with van der Waals surface area (Å²) in [6, 6.07) is 15.7. The Balaban J connectivity index is 2.16. The van der Waals surface area contributed by atoms with E-state index >= 15 is 0 Å². The van der Waals surface area contributed by atoms with Gasteiger partial charge in [-0.1, -0.05) is 6.07 Å². The van der Waals surface area contributed by atoms with Crippen LogP contribution in [0.2, 0.25) is 0 Å². The molecule has 0 atom stereocenters. The molecule has 3 nitrogen and oxygen atoms in total. The summed E-state index contributed by atoms with van der Waals surface area (Å²) < 4.78 is 12.3. The highest BCUT2D eigenvalue weighted by atomic mass is 127. The van der Waals surface area contributed by atoms with Gasteiger partial charge in [0, 0.05) is 6.07 Å². The van der Waals surface area contributed by atoms with E-state index in [9.17, 15) is 4.79 Å². The van der Waals surface area contributed by atoms with Gasteiger partial charge in [0.1, 0.15) is 5.75 Å². The van der Waals surface area contributed by atoms with Crippen LogP contribution in [0.3, 0.4) is 0 Å². The van der Waals surface area contributed by atoms with Crippen LogP contribution in [-0.4, -0.2) is 20.2 Å². The second-order valence-corrected chi connectivity index (χ2v) is 6.79. The number of methoxy groups -OCH3 is 2. The molecule has 2 rings (SSSR count). The molecule has 0 unspecified atom stereocenters. The van der Waals surface area contributed by atoms with Crippen LogP contribution in [0.5, 0.6) is 5.75 Å². The number of carbonyl (C=O) groups is 1. The first-order valence-electron chi connectivity index (χ1n) is 5.70. The highest BCUT2D eigenvalue weighted by Gasteiger charge is 2.17. The number of rotatable bonds is 4. The minimum absolute atomic E-state index is 0.291. The summed E-state index contributed by atoms with van der Waals surface area (Å²) in [5, 5.41) is 0. The quantitative estimate of drug-likeness (QED) is 0.544. The third-order valence-electron chi connectivity index (χ3n) is 2.51. The van der Waals surface area contributed by atoms with E-state index in [0.717, 1.165) is 5.75 Å². The SMILES string of the molecule is COC(=O)c1cccc([I+]c2ccc(OC)cc2)c1. The molecule has 0 aliphatic rings. The number of hydrogen-bond donors (Lipinski definition) is 0. The van der Waals surface area contributed by atoms with E-state index in [1.165, 1.54) is 14.3 Å². The van der Waals surface area contributed by atoms with Gasteiger partial charge in [-0.05, 0) is 36.4 Å². The lowest BCUT2D eigenvalue weighted by molar-refractivity contribution is -0.597. The molecular formula is C15H14IO3+. The van der Waals surface area contributed by atoms with Crippen molar-refractivity contribution < 1.29 is 35.5 Å². The molecule has 0 heterocycles. The summed E-state index contributed by atoms with van der Waals surface area (Å²) in [4.78, 5) is 11.5. The Hall–Kier alpha value is -1.56. The van der Waals surface area contributed by atoms with Crippen molar-refractivity contribution in [2.24, 2.45) is 0 Å². The van der Waals surface area contributed by atoms with Gasteiger partial charge in [0.25, 0.3) is 0 Å². The van der Waals surface area contributed by atoms with Crippen molar-refractivity contribution in [2.45, 2.75) is 0 Å². The van der Waals surface area contributed by atoms with Crippen LogP contribution in [0.25, 0.3) is 0 Å². The van der Waals surface area contributed by atoms with Gasteiger partial charge < -0.3 is 9.47 Å². The molecule has 0 amide bonds. The van der Waals surface area contributed by atoms with E-state index in [-0.39, 0.29) is 27.2 Å². The summed E-state index contributed by atoms with van der Waals surface area (Å²) in [5.41, 5.74) is 0.605. The van der Waals surface area contributed by atoms with Crippen molar-refractivity contribution in [3.05, 3.63) is 61.2 Å². The third-order valence-corrected chi connectivity index (χ3v) is 5.15. The molecule has 0 bridgehead atoms. The molecule has 2 aromatic carbocycles. The second-order valence-electron chi connectivity index (χ2n) is 3.75. The minimum atomic E-state index is -0.300. The summed E-state index contributed by atoms with van der Waals surface area (Å²) >= 11 is -0.300. The Morgan fingerprint density at radius 3 is 2.37 bits per heavy atom. The molecule has 4 heteroatoms. The molecule has 0 aliphatic carbocycles. The molecule has 0 fully saturated rings. The van der Waals surface area contributed by atoms with Gasteiger partial charge in [0.2, 0.25) is 0 Å². The summed E-state index contributed by atoms with van der Waals surface area (Å²) in [6.07, 6.45) is 0. The van der Waals surface area contributed by atoms with Crippen molar-refractivity contribution in [1.82, 2.24) is 0 Å². The highest BCUT2D eigenvalue weighted by Crippen LogP contribution is 2.06. The predicted molar refractivity (Wildman–Crippen MR) is 68.2 cm³/mol. The number of esters is 1. The molecule has 0 radical (unpaired) electrons. The van der Waals surface area contributed by atoms with Gasteiger partial charge >= 0.3 is 27.2 Å². The molecule has 0 N–H and O–H groups in total. The number of carbonyl (C=O) groups excluding carboxylic acids is 1. The van der Waals surface area contributed by atoms with Crippen molar-refractivity contribution in [3.63, 3.8) is 0 Å². The Labute approximate surface area is 122 Å². The largest absolute Gasteiger partial charge is 0.497 e.